The van der Waals surface area contributed by atoms with Crippen molar-refractivity contribution in [1.82, 2.24) is 4.90 Å². The zero-order chi connectivity index (χ0) is 32.4. The maximum absolute atomic E-state index is 13.5. The van der Waals surface area contributed by atoms with E-state index in [1.54, 1.807) is 13.8 Å². The molecular weight excluding hydrogens is 564 g/mol. The molecular formula is C38H48N2O5. The van der Waals surface area contributed by atoms with E-state index < -0.39 is 17.7 Å². The van der Waals surface area contributed by atoms with Crippen molar-refractivity contribution in [3.05, 3.63) is 107 Å². The summed E-state index contributed by atoms with van der Waals surface area (Å²) < 4.78 is 17.3. The molecule has 240 valence electrons. The molecule has 0 saturated carbocycles. The van der Waals surface area contributed by atoms with Gasteiger partial charge in [-0.25, -0.2) is 9.59 Å². The minimum absolute atomic E-state index is 0.00468. The summed E-state index contributed by atoms with van der Waals surface area (Å²) in [4.78, 5) is 29.1. The van der Waals surface area contributed by atoms with E-state index in [1.165, 1.54) is 5.56 Å². The van der Waals surface area contributed by atoms with Crippen LogP contribution in [0.4, 0.5) is 5.69 Å². The lowest BCUT2D eigenvalue weighted by Crippen LogP contribution is -2.45. The highest BCUT2D eigenvalue weighted by molar-refractivity contribution is 6.16. The fourth-order valence-electron chi connectivity index (χ4n) is 5.41. The van der Waals surface area contributed by atoms with E-state index in [2.05, 4.69) is 62.2 Å². The Morgan fingerprint density at radius 3 is 2.16 bits per heavy atom. The average Bonchev–Trinajstić information content (AvgIpc) is 2.99. The van der Waals surface area contributed by atoms with Crippen molar-refractivity contribution in [2.24, 2.45) is 5.92 Å². The number of esters is 2. The third kappa shape index (κ3) is 9.87. The summed E-state index contributed by atoms with van der Waals surface area (Å²) in [6.45, 7) is 12.8. The second-order valence-corrected chi connectivity index (χ2v) is 12.7. The Morgan fingerprint density at radius 1 is 0.844 bits per heavy atom. The van der Waals surface area contributed by atoms with E-state index in [4.69, 9.17) is 14.2 Å². The Bertz CT molecular complexity index is 1420. The number of carbonyl (C=O) groups excluding carboxylic acids is 2. The minimum Gasteiger partial charge on any atom is -0.489 e. The molecule has 1 aliphatic rings. The van der Waals surface area contributed by atoms with Crippen LogP contribution in [-0.2, 0) is 38.6 Å². The molecule has 0 radical (unpaired) electrons. The van der Waals surface area contributed by atoms with Gasteiger partial charge in [0.05, 0.1) is 0 Å². The molecule has 7 nitrogen and oxygen atoms in total. The SMILES string of the molecule is CCCCCC(C)N(Cc1ccc(CC(C)C)cc1)C(Nc1cccc(OCc2ccccc2)c1)=C1C(=O)OC(C)(C)OC1=O. The molecule has 0 aliphatic carbocycles. The standard InChI is InChI=1S/C38H48N2O5/c1-7-8-10-14-28(4)40(25-30-21-19-29(20-22-30)23-27(2)3)35(34-36(41)44-38(5,6)45-37(34)42)39-32-17-13-18-33(24-32)43-26-31-15-11-9-12-16-31/h9,11-13,15-22,24,27-28,39H,7-8,10,14,23,25-26H2,1-6H3. The van der Waals surface area contributed by atoms with E-state index in [0.717, 1.165) is 43.2 Å². The monoisotopic (exact) mass is 612 g/mol. The lowest BCUT2D eigenvalue weighted by molar-refractivity contribution is -0.222. The first-order valence-corrected chi connectivity index (χ1v) is 16.1. The van der Waals surface area contributed by atoms with E-state index in [1.807, 2.05) is 54.6 Å². The van der Waals surface area contributed by atoms with Gasteiger partial charge in [-0.1, -0.05) is 101 Å². The number of nitrogens with one attached hydrogen (secondary N) is 1. The number of rotatable bonds is 15. The molecule has 1 fully saturated rings. The molecule has 1 atom stereocenters. The summed E-state index contributed by atoms with van der Waals surface area (Å²) in [7, 11) is 0. The number of benzene rings is 3. The topological polar surface area (TPSA) is 77.1 Å². The molecule has 1 aliphatic heterocycles. The van der Waals surface area contributed by atoms with Crippen LogP contribution in [0.3, 0.4) is 0 Å². The van der Waals surface area contributed by atoms with E-state index in [0.29, 0.717) is 36.3 Å². The molecule has 4 rings (SSSR count). The van der Waals surface area contributed by atoms with Crippen molar-refractivity contribution >= 4 is 17.6 Å². The molecule has 3 aromatic carbocycles. The Kier molecular flexibility index (Phi) is 11.7. The summed E-state index contributed by atoms with van der Waals surface area (Å²) in [6.07, 6.45) is 5.10. The van der Waals surface area contributed by atoms with Crippen molar-refractivity contribution < 1.29 is 23.8 Å². The van der Waals surface area contributed by atoms with Crippen LogP contribution in [0.15, 0.2) is 90.3 Å². The second-order valence-electron chi connectivity index (χ2n) is 12.7. The average molecular weight is 613 g/mol. The smallest absolute Gasteiger partial charge is 0.352 e. The van der Waals surface area contributed by atoms with Crippen LogP contribution in [0.1, 0.15) is 83.9 Å². The highest BCUT2D eigenvalue weighted by atomic mass is 16.7. The number of hydrogen-bond acceptors (Lipinski definition) is 7. The fourth-order valence-corrected chi connectivity index (χ4v) is 5.41. The minimum atomic E-state index is -1.35. The van der Waals surface area contributed by atoms with Gasteiger partial charge in [0.2, 0.25) is 0 Å². The number of hydrogen-bond donors (Lipinski definition) is 1. The van der Waals surface area contributed by atoms with Gasteiger partial charge in [-0.2, -0.15) is 0 Å². The molecule has 1 heterocycles. The van der Waals surface area contributed by atoms with Crippen molar-refractivity contribution in [3.8, 4) is 5.75 Å². The third-order valence-corrected chi connectivity index (χ3v) is 7.73. The van der Waals surface area contributed by atoms with E-state index in [-0.39, 0.29) is 11.6 Å². The molecule has 0 spiro atoms. The second kappa shape index (κ2) is 15.6. The number of ether oxygens (including phenoxy) is 3. The van der Waals surface area contributed by atoms with E-state index in [9.17, 15) is 9.59 Å². The Hall–Kier alpha value is -4.26. The number of unbranched alkanes of at least 4 members (excludes halogenated alkanes) is 2. The molecule has 0 amide bonds. The predicted octanol–water partition coefficient (Wildman–Crippen LogP) is 8.39. The van der Waals surface area contributed by atoms with Gasteiger partial charge in [0.1, 0.15) is 18.2 Å². The Labute approximate surface area is 268 Å². The first-order valence-electron chi connectivity index (χ1n) is 16.1. The van der Waals surface area contributed by atoms with Crippen molar-refractivity contribution in [2.45, 2.75) is 98.6 Å². The van der Waals surface area contributed by atoms with Gasteiger partial charge in [-0.15, -0.1) is 0 Å². The van der Waals surface area contributed by atoms with Gasteiger partial charge in [0.15, 0.2) is 5.57 Å². The molecule has 0 aromatic heterocycles. The van der Waals surface area contributed by atoms with Crippen molar-refractivity contribution in [2.75, 3.05) is 5.32 Å². The molecule has 1 N–H and O–H groups in total. The molecule has 7 heteroatoms. The summed E-state index contributed by atoms with van der Waals surface area (Å²) in [5.41, 5.74) is 3.93. The molecule has 1 unspecified atom stereocenters. The predicted molar refractivity (Wildman–Crippen MR) is 178 cm³/mol. The summed E-state index contributed by atoms with van der Waals surface area (Å²) in [6, 6.07) is 26.1. The molecule has 0 bridgehead atoms. The van der Waals surface area contributed by atoms with Gasteiger partial charge >= 0.3 is 11.9 Å². The van der Waals surface area contributed by atoms with Crippen LogP contribution in [0.5, 0.6) is 5.75 Å². The number of anilines is 1. The maximum atomic E-state index is 13.5. The van der Waals surface area contributed by atoms with Crippen LogP contribution in [-0.4, -0.2) is 28.7 Å². The lowest BCUT2D eigenvalue weighted by Gasteiger charge is -2.37. The summed E-state index contributed by atoms with van der Waals surface area (Å²) in [5, 5.41) is 3.43. The third-order valence-electron chi connectivity index (χ3n) is 7.73. The zero-order valence-electron chi connectivity index (χ0n) is 27.6. The fraction of sp³-hybridized carbons (Fsp3) is 0.421. The number of nitrogens with zero attached hydrogens (tertiary/aromatic N) is 1. The maximum Gasteiger partial charge on any atom is 0.352 e. The van der Waals surface area contributed by atoms with Crippen LogP contribution in [0.25, 0.3) is 0 Å². The van der Waals surface area contributed by atoms with Gasteiger partial charge in [-0.3, -0.25) is 0 Å². The molecule has 3 aromatic rings. The van der Waals surface area contributed by atoms with E-state index >= 15 is 0 Å². The first kappa shape index (κ1) is 33.6. The number of carbonyl (C=O) groups is 2. The highest BCUT2D eigenvalue weighted by Gasteiger charge is 2.42. The Balaban J connectivity index is 1.72. The zero-order valence-corrected chi connectivity index (χ0v) is 27.6. The van der Waals surface area contributed by atoms with Crippen LogP contribution >= 0.6 is 0 Å². The highest BCUT2D eigenvalue weighted by Crippen LogP contribution is 2.31. The number of cyclic esters (lactones) is 2. The molecule has 1 saturated heterocycles. The van der Waals surface area contributed by atoms with Gasteiger partial charge in [-0.05, 0) is 54.5 Å². The summed E-state index contributed by atoms with van der Waals surface area (Å²) in [5.74, 6) is -1.20. The molecule has 45 heavy (non-hydrogen) atoms. The lowest BCUT2D eigenvalue weighted by atomic mass is 10.0. The quantitative estimate of drug-likeness (QED) is 0.0799. The Morgan fingerprint density at radius 2 is 1.51 bits per heavy atom. The van der Waals surface area contributed by atoms with Crippen LogP contribution in [0.2, 0.25) is 0 Å². The van der Waals surface area contributed by atoms with Crippen molar-refractivity contribution in [3.63, 3.8) is 0 Å². The van der Waals surface area contributed by atoms with Gasteiger partial charge in [0.25, 0.3) is 5.79 Å². The van der Waals surface area contributed by atoms with Gasteiger partial charge < -0.3 is 24.4 Å². The largest absolute Gasteiger partial charge is 0.489 e. The van der Waals surface area contributed by atoms with Crippen molar-refractivity contribution in [1.29, 1.82) is 0 Å². The van der Waals surface area contributed by atoms with Crippen LogP contribution < -0.4 is 10.1 Å². The van der Waals surface area contributed by atoms with Gasteiger partial charge in [0, 0.05) is 38.2 Å². The van der Waals surface area contributed by atoms with Crippen LogP contribution in [0, 0.1) is 5.92 Å². The normalized spacial score (nSPS) is 14.9. The summed E-state index contributed by atoms with van der Waals surface area (Å²) >= 11 is 0. The first-order chi connectivity index (χ1) is 21.5.